The Balaban J connectivity index is 1.46. The Hall–Kier alpha value is -4.88. The van der Waals surface area contributed by atoms with Crippen LogP contribution in [-0.2, 0) is 6.42 Å². The van der Waals surface area contributed by atoms with Crippen LogP contribution in [0.25, 0.3) is 16.7 Å². The van der Waals surface area contributed by atoms with Gasteiger partial charge in [0.25, 0.3) is 0 Å². The zero-order chi connectivity index (χ0) is 26.7. The zero-order valence-corrected chi connectivity index (χ0v) is 22.3. The van der Waals surface area contributed by atoms with Gasteiger partial charge in [0.15, 0.2) is 0 Å². The normalized spacial score (nSPS) is 11.8. The van der Waals surface area contributed by atoms with Gasteiger partial charge in [-0.05, 0) is 77.1 Å². The first-order valence-corrected chi connectivity index (χ1v) is 13.4. The van der Waals surface area contributed by atoms with Gasteiger partial charge in [-0.25, -0.2) is 0 Å². The fourth-order valence-electron chi connectivity index (χ4n) is 4.66. The summed E-state index contributed by atoms with van der Waals surface area (Å²) in [4.78, 5) is 2.25. The molecule has 0 radical (unpaired) electrons. The highest BCUT2D eigenvalue weighted by Crippen LogP contribution is 2.30. The maximum atomic E-state index is 2.25. The first-order valence-electron chi connectivity index (χ1n) is 13.4. The summed E-state index contributed by atoms with van der Waals surface area (Å²) in [7, 11) is 0. The van der Waals surface area contributed by atoms with E-state index in [1.54, 1.807) is 0 Å². The zero-order valence-electron chi connectivity index (χ0n) is 22.3. The van der Waals surface area contributed by atoms with E-state index in [1.165, 1.54) is 33.4 Å². The van der Waals surface area contributed by atoms with Crippen molar-refractivity contribution >= 4 is 16.9 Å². The molecular formula is C38H33N. The van der Waals surface area contributed by atoms with E-state index in [0.717, 1.165) is 17.8 Å². The van der Waals surface area contributed by atoms with Crippen molar-refractivity contribution in [2.45, 2.75) is 13.3 Å². The molecule has 190 valence electrons. The Morgan fingerprint density at radius 1 is 0.564 bits per heavy atom. The number of rotatable bonds is 9. The topological polar surface area (TPSA) is 3.24 Å². The fraction of sp³-hybridized carbons (Fsp3) is 0.0526. The van der Waals surface area contributed by atoms with Crippen LogP contribution in [0.2, 0.25) is 0 Å². The summed E-state index contributed by atoms with van der Waals surface area (Å²) in [6.07, 6.45) is 11.6. The molecule has 0 unspecified atom stereocenters. The van der Waals surface area contributed by atoms with Crippen molar-refractivity contribution < 1.29 is 0 Å². The summed E-state index contributed by atoms with van der Waals surface area (Å²) in [6.45, 7) is 2.05. The van der Waals surface area contributed by atoms with E-state index < -0.39 is 0 Å². The second-order valence-corrected chi connectivity index (χ2v) is 9.44. The Bertz CT molecular complexity index is 1530. The molecule has 0 N–H and O–H groups in total. The van der Waals surface area contributed by atoms with Gasteiger partial charge >= 0.3 is 0 Å². The number of nitrogens with zero attached hydrogens (tertiary/aromatic N) is 1. The Morgan fingerprint density at radius 3 is 1.69 bits per heavy atom. The van der Waals surface area contributed by atoms with Crippen LogP contribution in [0.15, 0.2) is 170 Å². The lowest BCUT2D eigenvalue weighted by Crippen LogP contribution is -2.08. The predicted molar refractivity (Wildman–Crippen MR) is 168 cm³/mol. The number of anilines is 2. The summed E-state index contributed by atoms with van der Waals surface area (Å²) in [6, 6.07) is 49.3. The lowest BCUT2D eigenvalue weighted by atomic mass is 10.0. The number of hydrogen-bond acceptors (Lipinski definition) is 1. The molecule has 0 atom stereocenters. The van der Waals surface area contributed by atoms with Gasteiger partial charge in [-0.3, -0.25) is 0 Å². The van der Waals surface area contributed by atoms with E-state index in [2.05, 4.69) is 182 Å². The highest BCUT2D eigenvalue weighted by atomic mass is 15.1. The van der Waals surface area contributed by atoms with Crippen LogP contribution >= 0.6 is 0 Å². The maximum Gasteiger partial charge on any atom is 0.0455 e. The van der Waals surface area contributed by atoms with Gasteiger partial charge in [-0.15, -0.1) is 0 Å². The van der Waals surface area contributed by atoms with Crippen molar-refractivity contribution in [2.24, 2.45) is 0 Å². The van der Waals surface area contributed by atoms with Crippen molar-refractivity contribution in [1.82, 2.24) is 0 Å². The minimum atomic E-state index is 0.926. The molecule has 0 fully saturated rings. The molecular weight excluding hydrogens is 470 g/mol. The quantitative estimate of drug-likeness (QED) is 0.181. The summed E-state index contributed by atoms with van der Waals surface area (Å²) < 4.78 is 0. The van der Waals surface area contributed by atoms with E-state index >= 15 is 0 Å². The van der Waals surface area contributed by atoms with Gasteiger partial charge in [0.2, 0.25) is 0 Å². The second kappa shape index (κ2) is 13.1. The van der Waals surface area contributed by atoms with Crippen LogP contribution in [0.4, 0.5) is 11.4 Å². The van der Waals surface area contributed by atoms with Crippen molar-refractivity contribution in [3.63, 3.8) is 0 Å². The molecule has 5 aromatic rings. The molecule has 1 heteroatoms. The molecule has 0 bridgehead atoms. The van der Waals surface area contributed by atoms with Gasteiger partial charge in [0.1, 0.15) is 0 Å². The van der Waals surface area contributed by atoms with Crippen LogP contribution in [0.5, 0.6) is 0 Å². The minimum Gasteiger partial charge on any atom is -0.317 e. The van der Waals surface area contributed by atoms with Crippen molar-refractivity contribution in [2.75, 3.05) is 4.90 Å². The molecule has 0 aromatic heterocycles. The molecule has 0 saturated heterocycles. The van der Waals surface area contributed by atoms with E-state index in [9.17, 15) is 0 Å². The summed E-state index contributed by atoms with van der Waals surface area (Å²) in [5, 5.41) is 0. The van der Waals surface area contributed by atoms with Gasteiger partial charge in [-0.2, -0.15) is 0 Å². The molecule has 0 aliphatic carbocycles. The maximum absolute atomic E-state index is 2.25. The van der Waals surface area contributed by atoms with E-state index in [-0.39, 0.29) is 0 Å². The lowest BCUT2D eigenvalue weighted by molar-refractivity contribution is 1.18. The summed E-state index contributed by atoms with van der Waals surface area (Å²) in [5.41, 5.74) is 9.66. The van der Waals surface area contributed by atoms with Gasteiger partial charge in [-0.1, -0.05) is 133 Å². The van der Waals surface area contributed by atoms with Crippen LogP contribution in [0.3, 0.4) is 0 Å². The Labute approximate surface area is 232 Å². The average Bonchev–Trinajstić information content (AvgIpc) is 3.01. The smallest absolute Gasteiger partial charge is 0.0455 e. The van der Waals surface area contributed by atoms with Crippen molar-refractivity contribution in [3.8, 4) is 11.1 Å². The van der Waals surface area contributed by atoms with Crippen LogP contribution in [0, 0.1) is 0 Å². The molecule has 0 saturated carbocycles. The molecule has 0 aliphatic rings. The molecule has 0 heterocycles. The highest BCUT2D eigenvalue weighted by Gasteiger charge is 2.08. The van der Waals surface area contributed by atoms with Gasteiger partial charge < -0.3 is 4.90 Å². The number of allylic oxidation sites excluding steroid dienone is 5. The van der Waals surface area contributed by atoms with E-state index in [1.807, 2.05) is 0 Å². The first-order chi connectivity index (χ1) is 19.3. The van der Waals surface area contributed by atoms with E-state index in [4.69, 9.17) is 0 Å². The SMILES string of the molecule is C\C=C/C(=C\C=C\N(c1ccc(Cc2ccccc2)cc1)c1ccc(-c2ccccc2)cc1)c1ccccc1. The van der Waals surface area contributed by atoms with Crippen LogP contribution in [0.1, 0.15) is 23.6 Å². The summed E-state index contributed by atoms with van der Waals surface area (Å²) in [5.74, 6) is 0. The van der Waals surface area contributed by atoms with E-state index in [0.29, 0.717) is 0 Å². The molecule has 5 aromatic carbocycles. The fourth-order valence-corrected chi connectivity index (χ4v) is 4.66. The Morgan fingerprint density at radius 2 is 1.08 bits per heavy atom. The Kier molecular flexibility index (Phi) is 8.64. The van der Waals surface area contributed by atoms with Crippen molar-refractivity contribution in [1.29, 1.82) is 0 Å². The largest absolute Gasteiger partial charge is 0.317 e. The predicted octanol–water partition coefficient (Wildman–Crippen LogP) is 10.3. The van der Waals surface area contributed by atoms with Crippen molar-refractivity contribution in [3.05, 3.63) is 187 Å². The third-order valence-corrected chi connectivity index (χ3v) is 6.68. The summed E-state index contributed by atoms with van der Waals surface area (Å²) >= 11 is 0. The average molecular weight is 504 g/mol. The minimum absolute atomic E-state index is 0.926. The first kappa shape index (κ1) is 25.8. The molecule has 0 aliphatic heterocycles. The van der Waals surface area contributed by atoms with Gasteiger partial charge in [0.05, 0.1) is 0 Å². The highest BCUT2D eigenvalue weighted by molar-refractivity contribution is 5.76. The number of benzene rings is 5. The second-order valence-electron chi connectivity index (χ2n) is 9.44. The molecule has 0 amide bonds. The lowest BCUT2D eigenvalue weighted by Gasteiger charge is -2.21. The molecule has 0 spiro atoms. The molecule has 5 rings (SSSR count). The monoisotopic (exact) mass is 503 g/mol. The molecule has 1 nitrogen and oxygen atoms in total. The van der Waals surface area contributed by atoms with Crippen LogP contribution in [-0.4, -0.2) is 0 Å². The standard InChI is InChI=1S/C38H33N/c1-2-13-33(34-16-8-4-9-17-34)20-12-29-39(38-27-23-36(24-28-38)35-18-10-5-11-19-35)37-25-21-32(22-26-37)30-31-14-6-3-7-15-31/h2-29H,30H2,1H3/b13-2-,29-12+,33-20+. The van der Waals surface area contributed by atoms with Crippen LogP contribution < -0.4 is 4.90 Å². The third-order valence-electron chi connectivity index (χ3n) is 6.68. The molecule has 39 heavy (non-hydrogen) atoms. The number of hydrogen-bond donors (Lipinski definition) is 0. The van der Waals surface area contributed by atoms with Gasteiger partial charge in [0, 0.05) is 17.6 Å². The third kappa shape index (κ3) is 6.91.